The largest absolute Gasteiger partial charge is 0.481 e. The lowest BCUT2D eigenvalue weighted by Crippen LogP contribution is -2.52. The minimum Gasteiger partial charge on any atom is -0.481 e. The number of nitrogens with two attached hydrogens (primary N) is 1. The van der Waals surface area contributed by atoms with E-state index in [-0.39, 0.29) is 24.8 Å². The summed E-state index contributed by atoms with van der Waals surface area (Å²) in [6, 6.07) is -0.523. The molecule has 1 aliphatic heterocycles. The molecule has 0 spiro atoms. The van der Waals surface area contributed by atoms with Crippen LogP contribution in [0.2, 0.25) is 0 Å². The number of carboxylic acid groups (broad SMARTS) is 1. The molecule has 6 nitrogen and oxygen atoms in total. The van der Waals surface area contributed by atoms with Gasteiger partial charge in [0.2, 0.25) is 5.91 Å². The number of aliphatic carboxylic acids is 1. The zero-order chi connectivity index (χ0) is 13.7. The Kier molecular flexibility index (Phi) is 5.55. The van der Waals surface area contributed by atoms with Gasteiger partial charge in [-0.05, 0) is 32.9 Å². The third-order valence-corrected chi connectivity index (χ3v) is 3.48. The number of likely N-dealkylation sites (N-methyl/N-ethyl adjacent to an activating group) is 2. The van der Waals surface area contributed by atoms with Crippen LogP contribution in [0.25, 0.3) is 0 Å². The Morgan fingerprint density at radius 1 is 1.56 bits per heavy atom. The van der Waals surface area contributed by atoms with E-state index in [2.05, 4.69) is 4.90 Å². The van der Waals surface area contributed by atoms with Crippen molar-refractivity contribution in [3.8, 4) is 0 Å². The molecule has 0 bridgehead atoms. The van der Waals surface area contributed by atoms with Crippen molar-refractivity contribution < 1.29 is 14.7 Å². The van der Waals surface area contributed by atoms with Gasteiger partial charge >= 0.3 is 5.97 Å². The van der Waals surface area contributed by atoms with Crippen LogP contribution in [0.15, 0.2) is 0 Å². The van der Waals surface area contributed by atoms with Crippen LogP contribution >= 0.6 is 0 Å². The van der Waals surface area contributed by atoms with Crippen LogP contribution in [0, 0.1) is 0 Å². The SMILES string of the molecule is CN1CCCC(N(C)C(=O)C(N)CCC(=O)O)C1. The van der Waals surface area contributed by atoms with Gasteiger partial charge in [-0.25, -0.2) is 0 Å². The second-order valence-electron chi connectivity index (χ2n) is 5.05. The molecule has 1 fully saturated rings. The third-order valence-electron chi connectivity index (χ3n) is 3.48. The number of likely N-dealkylation sites (tertiary alicyclic amines) is 1. The van der Waals surface area contributed by atoms with Gasteiger partial charge in [0.05, 0.1) is 6.04 Å². The van der Waals surface area contributed by atoms with Crippen LogP contribution in [0.5, 0.6) is 0 Å². The summed E-state index contributed by atoms with van der Waals surface area (Å²) in [5, 5.41) is 8.58. The van der Waals surface area contributed by atoms with Crippen molar-refractivity contribution in [2.45, 2.75) is 37.8 Å². The molecule has 18 heavy (non-hydrogen) atoms. The normalized spacial score (nSPS) is 22.5. The monoisotopic (exact) mass is 257 g/mol. The van der Waals surface area contributed by atoms with Gasteiger partial charge in [-0.2, -0.15) is 0 Å². The van der Waals surface area contributed by atoms with Crippen LogP contribution in [-0.2, 0) is 9.59 Å². The summed E-state index contributed by atoms with van der Waals surface area (Å²) in [5.41, 5.74) is 5.74. The summed E-state index contributed by atoms with van der Waals surface area (Å²) in [4.78, 5) is 26.4. The van der Waals surface area contributed by atoms with Gasteiger partial charge in [0.25, 0.3) is 0 Å². The maximum absolute atomic E-state index is 12.1. The third kappa shape index (κ3) is 4.27. The van der Waals surface area contributed by atoms with Crippen molar-refractivity contribution in [3.63, 3.8) is 0 Å². The molecular formula is C12H23N3O3. The highest BCUT2D eigenvalue weighted by Crippen LogP contribution is 2.14. The van der Waals surface area contributed by atoms with E-state index in [1.54, 1.807) is 11.9 Å². The summed E-state index contributed by atoms with van der Waals surface area (Å²) in [5.74, 6) is -1.07. The number of nitrogens with zero attached hydrogens (tertiary/aromatic N) is 2. The van der Waals surface area contributed by atoms with Crippen molar-refractivity contribution in [1.82, 2.24) is 9.80 Å². The molecule has 0 aromatic rings. The number of piperidine rings is 1. The van der Waals surface area contributed by atoms with Crippen LogP contribution in [0.1, 0.15) is 25.7 Å². The van der Waals surface area contributed by atoms with Crippen LogP contribution in [0.4, 0.5) is 0 Å². The summed E-state index contributed by atoms with van der Waals surface area (Å²) in [7, 11) is 3.79. The first kappa shape index (κ1) is 14.9. The van der Waals surface area contributed by atoms with Gasteiger partial charge in [-0.1, -0.05) is 0 Å². The van der Waals surface area contributed by atoms with Crippen molar-refractivity contribution in [1.29, 1.82) is 0 Å². The van der Waals surface area contributed by atoms with Gasteiger partial charge in [0.1, 0.15) is 0 Å². The molecule has 6 heteroatoms. The van der Waals surface area contributed by atoms with E-state index in [9.17, 15) is 9.59 Å². The van der Waals surface area contributed by atoms with Crippen LogP contribution in [0.3, 0.4) is 0 Å². The van der Waals surface area contributed by atoms with Crippen molar-refractivity contribution in [2.75, 3.05) is 27.2 Å². The molecule has 1 amide bonds. The minimum absolute atomic E-state index is 0.0642. The van der Waals surface area contributed by atoms with Gasteiger partial charge < -0.3 is 20.6 Å². The number of carbonyl (C=O) groups is 2. The van der Waals surface area contributed by atoms with Crippen molar-refractivity contribution >= 4 is 11.9 Å². The molecule has 2 unspecified atom stereocenters. The molecule has 0 radical (unpaired) electrons. The summed E-state index contributed by atoms with van der Waals surface area (Å²) >= 11 is 0. The second-order valence-corrected chi connectivity index (χ2v) is 5.05. The standard InChI is InChI=1S/C12H23N3O3/c1-14-7-3-4-9(8-14)15(2)12(18)10(13)5-6-11(16)17/h9-10H,3-8,13H2,1-2H3,(H,16,17). The molecule has 1 rings (SSSR count). The lowest BCUT2D eigenvalue weighted by molar-refractivity contribution is -0.138. The smallest absolute Gasteiger partial charge is 0.303 e. The highest BCUT2D eigenvalue weighted by Gasteiger charge is 2.27. The highest BCUT2D eigenvalue weighted by molar-refractivity contribution is 5.82. The first-order chi connectivity index (χ1) is 8.41. The van der Waals surface area contributed by atoms with Crippen LogP contribution < -0.4 is 5.73 Å². The molecule has 1 saturated heterocycles. The summed E-state index contributed by atoms with van der Waals surface area (Å²) in [6.07, 6.45) is 2.19. The molecule has 1 aliphatic rings. The fourth-order valence-electron chi connectivity index (χ4n) is 2.30. The summed E-state index contributed by atoms with van der Waals surface area (Å²) < 4.78 is 0. The number of carbonyl (C=O) groups excluding carboxylic acids is 1. The Balaban J connectivity index is 2.46. The Hall–Kier alpha value is -1.14. The number of carboxylic acids is 1. The van der Waals surface area contributed by atoms with E-state index in [0.717, 1.165) is 25.9 Å². The van der Waals surface area contributed by atoms with E-state index < -0.39 is 12.0 Å². The van der Waals surface area contributed by atoms with Gasteiger partial charge in [-0.15, -0.1) is 0 Å². The predicted octanol–water partition coefficient (Wildman–Crippen LogP) is -0.269. The molecule has 0 aromatic heterocycles. The Morgan fingerprint density at radius 2 is 2.22 bits per heavy atom. The topological polar surface area (TPSA) is 86.9 Å². The van der Waals surface area contributed by atoms with E-state index in [1.165, 1.54) is 0 Å². The molecule has 0 aromatic carbocycles. The Labute approximate surface area is 108 Å². The average molecular weight is 257 g/mol. The van der Waals surface area contributed by atoms with Crippen LogP contribution in [-0.4, -0.2) is 66.1 Å². The number of rotatable bonds is 5. The summed E-state index contributed by atoms with van der Waals surface area (Å²) in [6.45, 7) is 1.91. The molecule has 104 valence electrons. The fraction of sp³-hybridized carbons (Fsp3) is 0.833. The zero-order valence-electron chi connectivity index (χ0n) is 11.1. The average Bonchev–Trinajstić information content (AvgIpc) is 2.34. The maximum atomic E-state index is 12.1. The number of hydrogen-bond donors (Lipinski definition) is 2. The van der Waals surface area contributed by atoms with E-state index >= 15 is 0 Å². The lowest BCUT2D eigenvalue weighted by Gasteiger charge is -2.36. The van der Waals surface area contributed by atoms with Gasteiger partial charge in [0, 0.05) is 26.1 Å². The molecular weight excluding hydrogens is 234 g/mol. The first-order valence-corrected chi connectivity index (χ1v) is 6.34. The van der Waals surface area contributed by atoms with Gasteiger partial charge in [-0.3, -0.25) is 9.59 Å². The lowest BCUT2D eigenvalue weighted by atomic mass is 10.0. The quantitative estimate of drug-likeness (QED) is 0.708. The Morgan fingerprint density at radius 3 is 2.78 bits per heavy atom. The predicted molar refractivity (Wildman–Crippen MR) is 68.1 cm³/mol. The Bertz CT molecular complexity index is 309. The zero-order valence-corrected chi connectivity index (χ0v) is 11.1. The molecule has 1 heterocycles. The highest BCUT2D eigenvalue weighted by atomic mass is 16.4. The fourth-order valence-corrected chi connectivity index (χ4v) is 2.30. The van der Waals surface area contributed by atoms with Crippen molar-refractivity contribution in [3.05, 3.63) is 0 Å². The second kappa shape index (κ2) is 6.70. The van der Waals surface area contributed by atoms with E-state index in [1.807, 2.05) is 7.05 Å². The maximum Gasteiger partial charge on any atom is 0.303 e. The minimum atomic E-state index is -0.918. The van der Waals surface area contributed by atoms with E-state index in [4.69, 9.17) is 10.8 Å². The molecule has 3 N–H and O–H groups in total. The van der Waals surface area contributed by atoms with Gasteiger partial charge in [0.15, 0.2) is 0 Å². The number of hydrogen-bond acceptors (Lipinski definition) is 4. The molecule has 0 saturated carbocycles. The first-order valence-electron chi connectivity index (χ1n) is 6.34. The molecule has 2 atom stereocenters. The molecule has 0 aliphatic carbocycles. The number of amides is 1. The van der Waals surface area contributed by atoms with E-state index in [0.29, 0.717) is 0 Å². The van der Waals surface area contributed by atoms with Crippen molar-refractivity contribution in [2.24, 2.45) is 5.73 Å².